The van der Waals surface area contributed by atoms with Gasteiger partial charge in [-0.15, -0.1) is 6.58 Å². The lowest BCUT2D eigenvalue weighted by Crippen LogP contribution is -2.00. The van der Waals surface area contributed by atoms with E-state index in [9.17, 15) is 0 Å². The van der Waals surface area contributed by atoms with Gasteiger partial charge in [-0.1, -0.05) is 39.0 Å². The second kappa shape index (κ2) is 5.74. The van der Waals surface area contributed by atoms with Crippen LogP contribution >= 0.6 is 0 Å². The molecule has 1 nitrogen and oxygen atoms in total. The molecule has 1 rings (SSSR count). The average molecular weight is 218 g/mol. The molecule has 88 valence electrons. The Morgan fingerprint density at radius 2 is 2.00 bits per heavy atom. The Labute approximate surface area is 99.1 Å². The van der Waals surface area contributed by atoms with E-state index in [1.54, 1.807) is 0 Å². The zero-order chi connectivity index (χ0) is 12.1. The minimum atomic E-state index is 0.375. The number of hydrogen-bond donors (Lipinski definition) is 0. The predicted molar refractivity (Wildman–Crippen MR) is 70.3 cm³/mol. The van der Waals surface area contributed by atoms with Crippen molar-refractivity contribution in [3.63, 3.8) is 0 Å². The Hall–Kier alpha value is -1.24. The quantitative estimate of drug-likeness (QED) is 0.661. The van der Waals surface area contributed by atoms with Crippen LogP contribution < -0.4 is 4.74 Å². The van der Waals surface area contributed by atoms with E-state index in [1.165, 1.54) is 11.1 Å². The van der Waals surface area contributed by atoms with Crippen molar-refractivity contribution in [2.45, 2.75) is 39.5 Å². The molecule has 0 aromatic heterocycles. The van der Waals surface area contributed by atoms with Gasteiger partial charge in [0.25, 0.3) is 0 Å². The van der Waals surface area contributed by atoms with Gasteiger partial charge in [-0.25, -0.2) is 0 Å². The molecule has 0 amide bonds. The molecule has 1 aromatic rings. The first-order valence-corrected chi connectivity index (χ1v) is 5.99. The molecule has 0 N–H and O–H groups in total. The van der Waals surface area contributed by atoms with Crippen LogP contribution in [0.1, 0.15) is 50.7 Å². The Bertz CT molecular complexity index is 352. The van der Waals surface area contributed by atoms with Gasteiger partial charge in [0.05, 0.1) is 6.61 Å². The van der Waals surface area contributed by atoms with Crippen molar-refractivity contribution in [2.24, 2.45) is 0 Å². The van der Waals surface area contributed by atoms with Gasteiger partial charge in [-0.3, -0.25) is 0 Å². The van der Waals surface area contributed by atoms with Crippen molar-refractivity contribution in [1.29, 1.82) is 0 Å². The van der Waals surface area contributed by atoms with Crippen LogP contribution in [0.2, 0.25) is 0 Å². The van der Waals surface area contributed by atoms with Crippen molar-refractivity contribution < 1.29 is 4.74 Å². The summed E-state index contributed by atoms with van der Waals surface area (Å²) in [5, 5.41) is 0. The Morgan fingerprint density at radius 3 is 2.50 bits per heavy atom. The molecule has 1 unspecified atom stereocenters. The van der Waals surface area contributed by atoms with E-state index in [-0.39, 0.29) is 0 Å². The fourth-order valence-electron chi connectivity index (χ4n) is 1.73. The maximum atomic E-state index is 5.70. The van der Waals surface area contributed by atoms with Gasteiger partial charge in [0.1, 0.15) is 5.75 Å². The second-order valence-electron chi connectivity index (χ2n) is 4.41. The number of allylic oxidation sites excluding steroid dienone is 1. The van der Waals surface area contributed by atoms with Crippen molar-refractivity contribution in [3.05, 3.63) is 42.0 Å². The summed E-state index contributed by atoms with van der Waals surface area (Å²) in [4.78, 5) is 0. The van der Waals surface area contributed by atoms with Crippen LogP contribution in [0, 0.1) is 0 Å². The smallest absolute Gasteiger partial charge is 0.123 e. The van der Waals surface area contributed by atoms with Gasteiger partial charge in [0.15, 0.2) is 0 Å². The van der Waals surface area contributed by atoms with Crippen LogP contribution in [-0.4, -0.2) is 6.61 Å². The van der Waals surface area contributed by atoms with E-state index in [1.807, 2.05) is 13.0 Å². The number of ether oxygens (including phenoxy) is 1. The molecule has 1 aromatic carbocycles. The third-order valence-electron chi connectivity index (χ3n) is 2.84. The monoisotopic (exact) mass is 218 g/mol. The normalized spacial score (nSPS) is 12.6. The van der Waals surface area contributed by atoms with Gasteiger partial charge in [0, 0.05) is 0 Å². The van der Waals surface area contributed by atoms with Gasteiger partial charge >= 0.3 is 0 Å². The molecule has 0 aliphatic carbocycles. The standard InChI is InChI=1S/C15H22O/c1-6-12(5)13-8-9-14(11(3)4)15(10-13)16-7-2/h6,8-12H,1,7H2,2-5H3. The molecule has 0 aliphatic rings. The zero-order valence-corrected chi connectivity index (χ0v) is 10.8. The van der Waals surface area contributed by atoms with Crippen molar-refractivity contribution in [1.82, 2.24) is 0 Å². The summed E-state index contributed by atoms with van der Waals surface area (Å²) in [6, 6.07) is 6.49. The maximum Gasteiger partial charge on any atom is 0.123 e. The summed E-state index contributed by atoms with van der Waals surface area (Å²) in [5.74, 6) is 1.89. The van der Waals surface area contributed by atoms with Crippen LogP contribution in [-0.2, 0) is 0 Å². The summed E-state index contributed by atoms with van der Waals surface area (Å²) in [6.07, 6.45) is 1.96. The molecule has 0 saturated carbocycles. The molecular weight excluding hydrogens is 196 g/mol. The molecule has 0 heterocycles. The topological polar surface area (TPSA) is 9.23 Å². The van der Waals surface area contributed by atoms with Crippen LogP contribution in [0.4, 0.5) is 0 Å². The Morgan fingerprint density at radius 1 is 1.31 bits per heavy atom. The van der Waals surface area contributed by atoms with Crippen LogP contribution in [0.15, 0.2) is 30.9 Å². The second-order valence-corrected chi connectivity index (χ2v) is 4.41. The molecule has 1 heteroatoms. The minimum Gasteiger partial charge on any atom is -0.494 e. The number of rotatable bonds is 5. The largest absolute Gasteiger partial charge is 0.494 e. The highest BCUT2D eigenvalue weighted by molar-refractivity contribution is 5.41. The van der Waals surface area contributed by atoms with E-state index in [4.69, 9.17) is 4.74 Å². The Balaban J connectivity index is 3.11. The summed E-state index contributed by atoms with van der Waals surface area (Å²) in [6.45, 7) is 13.1. The van der Waals surface area contributed by atoms with Gasteiger partial charge in [-0.05, 0) is 36.0 Å². The zero-order valence-electron chi connectivity index (χ0n) is 10.8. The molecule has 0 fully saturated rings. The third-order valence-corrected chi connectivity index (χ3v) is 2.84. The average Bonchev–Trinajstić information content (AvgIpc) is 2.28. The van der Waals surface area contributed by atoms with E-state index in [0.717, 1.165) is 5.75 Å². The van der Waals surface area contributed by atoms with E-state index < -0.39 is 0 Å². The fraction of sp³-hybridized carbons (Fsp3) is 0.467. The lowest BCUT2D eigenvalue weighted by atomic mass is 9.95. The van der Waals surface area contributed by atoms with Crippen LogP contribution in [0.5, 0.6) is 5.75 Å². The summed E-state index contributed by atoms with van der Waals surface area (Å²) < 4.78 is 5.70. The molecule has 0 aliphatic heterocycles. The van der Waals surface area contributed by atoms with E-state index >= 15 is 0 Å². The fourth-order valence-corrected chi connectivity index (χ4v) is 1.73. The molecular formula is C15H22O. The minimum absolute atomic E-state index is 0.375. The number of benzene rings is 1. The van der Waals surface area contributed by atoms with Gasteiger partial charge in [0.2, 0.25) is 0 Å². The first-order chi connectivity index (χ1) is 7.60. The third kappa shape index (κ3) is 2.88. The summed E-state index contributed by atoms with van der Waals surface area (Å²) in [5.41, 5.74) is 2.55. The van der Waals surface area contributed by atoms with Gasteiger partial charge in [-0.2, -0.15) is 0 Å². The molecule has 1 atom stereocenters. The Kier molecular flexibility index (Phi) is 4.60. The van der Waals surface area contributed by atoms with Gasteiger partial charge < -0.3 is 4.74 Å². The maximum absolute atomic E-state index is 5.70. The predicted octanol–water partition coefficient (Wildman–Crippen LogP) is 4.50. The molecule has 0 saturated heterocycles. The lowest BCUT2D eigenvalue weighted by molar-refractivity contribution is 0.335. The highest BCUT2D eigenvalue weighted by Gasteiger charge is 2.10. The first-order valence-electron chi connectivity index (χ1n) is 5.99. The highest BCUT2D eigenvalue weighted by Crippen LogP contribution is 2.30. The number of hydrogen-bond acceptors (Lipinski definition) is 1. The van der Waals surface area contributed by atoms with Crippen LogP contribution in [0.3, 0.4) is 0 Å². The molecule has 16 heavy (non-hydrogen) atoms. The van der Waals surface area contributed by atoms with E-state index in [0.29, 0.717) is 18.4 Å². The summed E-state index contributed by atoms with van der Waals surface area (Å²) >= 11 is 0. The summed E-state index contributed by atoms with van der Waals surface area (Å²) in [7, 11) is 0. The SMILES string of the molecule is C=CC(C)c1ccc(C(C)C)c(OCC)c1. The lowest BCUT2D eigenvalue weighted by Gasteiger charge is -2.16. The van der Waals surface area contributed by atoms with Crippen molar-refractivity contribution in [3.8, 4) is 5.75 Å². The molecule has 0 spiro atoms. The molecule has 0 bridgehead atoms. The highest BCUT2D eigenvalue weighted by atomic mass is 16.5. The van der Waals surface area contributed by atoms with Crippen LogP contribution in [0.25, 0.3) is 0 Å². The van der Waals surface area contributed by atoms with Crippen molar-refractivity contribution >= 4 is 0 Å². The van der Waals surface area contributed by atoms with E-state index in [2.05, 4.69) is 45.5 Å². The van der Waals surface area contributed by atoms with Crippen molar-refractivity contribution in [2.75, 3.05) is 6.61 Å². The first kappa shape index (κ1) is 12.8. The molecule has 0 radical (unpaired) electrons.